The van der Waals surface area contributed by atoms with Gasteiger partial charge >= 0.3 is 0 Å². The minimum absolute atomic E-state index is 0.600. The Morgan fingerprint density at radius 2 is 0.828 bits per heavy atom. The number of aryl methyl sites for hydroxylation is 2. The van der Waals surface area contributed by atoms with Crippen LogP contribution in [0.2, 0.25) is 0 Å². The number of rotatable bonds is 7. The molecular formula is C60H46N2O2. The molecule has 1 aliphatic rings. The first kappa shape index (κ1) is 37.0. The van der Waals surface area contributed by atoms with E-state index in [1.165, 1.54) is 81.1 Å². The third kappa shape index (κ3) is 5.61. The van der Waals surface area contributed by atoms with Gasteiger partial charge in [-0.3, -0.25) is 0 Å². The fourth-order valence-corrected chi connectivity index (χ4v) is 11.2. The molecule has 0 unspecified atom stereocenters. The molecule has 2 heterocycles. The Morgan fingerprint density at radius 1 is 0.375 bits per heavy atom. The minimum atomic E-state index is 0.600. The van der Waals surface area contributed by atoms with Crippen LogP contribution in [0.1, 0.15) is 54.7 Å². The lowest BCUT2D eigenvalue weighted by Crippen LogP contribution is -2.16. The molecule has 0 N–H and O–H groups in total. The second kappa shape index (κ2) is 14.5. The molecule has 12 aromatic rings. The Morgan fingerprint density at radius 3 is 1.34 bits per heavy atom. The number of furan rings is 2. The second-order valence-electron chi connectivity index (χ2n) is 17.9. The standard InChI is InChI=1S/C60H46N2O2/c1-37-16-6-10-24-49(37)61(51-26-14-22-45-43-20-8-12-28-55(43)63-59(45)51)53-36-54(48-33-31-41-35-42(39-18-4-3-5-19-39)34-40-30-32-47(53)58(48)57(40)41)62(50-25-11-7-17-38(50)2)52-27-15-23-46-44-21-9-13-29-56(44)64-60(46)52/h6-17,20-36,39H,3-5,18-19H2,1-2H3. The lowest BCUT2D eigenvalue weighted by molar-refractivity contribution is 0.444. The van der Waals surface area contributed by atoms with Crippen molar-refractivity contribution in [3.05, 3.63) is 193 Å². The fraction of sp³-hybridized carbons (Fsp3) is 0.133. The molecule has 1 fully saturated rings. The Balaban J connectivity index is 1.18. The SMILES string of the molecule is Cc1ccccc1N(c1cc(N(c2ccccc2C)c2cccc3c2oc2ccccc23)c2ccc3cc(C4CCCCC4)cc4ccc1c2c43)c1cccc2c1oc1ccccc12. The predicted octanol–water partition coefficient (Wildman–Crippen LogP) is 18.0. The van der Waals surface area contributed by atoms with Crippen LogP contribution >= 0.6 is 0 Å². The number of benzene rings is 10. The minimum Gasteiger partial charge on any atom is -0.454 e. The molecule has 0 spiro atoms. The van der Waals surface area contributed by atoms with Gasteiger partial charge in [0.25, 0.3) is 0 Å². The highest BCUT2D eigenvalue weighted by Gasteiger charge is 2.29. The zero-order valence-corrected chi connectivity index (χ0v) is 36.1. The summed E-state index contributed by atoms with van der Waals surface area (Å²) in [6, 6.07) is 64.4. The van der Waals surface area contributed by atoms with Crippen LogP contribution in [-0.4, -0.2) is 0 Å². The molecule has 308 valence electrons. The number of fused-ring (bicyclic) bond motifs is 6. The first-order valence-corrected chi connectivity index (χ1v) is 22.9. The maximum absolute atomic E-state index is 6.89. The molecule has 0 saturated heterocycles. The van der Waals surface area contributed by atoms with Gasteiger partial charge < -0.3 is 18.6 Å². The summed E-state index contributed by atoms with van der Waals surface area (Å²) >= 11 is 0. The molecule has 2 aromatic heterocycles. The van der Waals surface area contributed by atoms with Gasteiger partial charge in [0.1, 0.15) is 11.2 Å². The van der Waals surface area contributed by atoms with Crippen LogP contribution in [0.3, 0.4) is 0 Å². The highest BCUT2D eigenvalue weighted by atomic mass is 16.3. The van der Waals surface area contributed by atoms with E-state index in [9.17, 15) is 0 Å². The van der Waals surface area contributed by atoms with Crippen molar-refractivity contribution in [3.8, 4) is 0 Å². The van der Waals surface area contributed by atoms with Gasteiger partial charge in [0.15, 0.2) is 11.2 Å². The molecule has 4 nitrogen and oxygen atoms in total. The van der Waals surface area contributed by atoms with Crippen molar-refractivity contribution in [2.75, 3.05) is 9.80 Å². The second-order valence-corrected chi connectivity index (χ2v) is 17.9. The summed E-state index contributed by atoms with van der Waals surface area (Å²) in [5, 5.41) is 11.9. The third-order valence-electron chi connectivity index (χ3n) is 14.2. The van der Waals surface area contributed by atoms with E-state index in [4.69, 9.17) is 8.83 Å². The van der Waals surface area contributed by atoms with Crippen LogP contribution in [0.4, 0.5) is 34.1 Å². The zero-order chi connectivity index (χ0) is 42.5. The molecule has 64 heavy (non-hydrogen) atoms. The van der Waals surface area contributed by atoms with Gasteiger partial charge in [-0.05, 0) is 108 Å². The molecule has 13 rings (SSSR count). The van der Waals surface area contributed by atoms with Crippen molar-refractivity contribution in [1.82, 2.24) is 0 Å². The summed E-state index contributed by atoms with van der Waals surface area (Å²) in [4.78, 5) is 4.92. The van der Waals surface area contributed by atoms with Crippen molar-refractivity contribution < 1.29 is 8.83 Å². The lowest BCUT2D eigenvalue weighted by Gasteiger charge is -2.33. The molecule has 0 aliphatic heterocycles. The van der Waals surface area contributed by atoms with Crippen molar-refractivity contribution >= 4 is 110 Å². The highest BCUT2D eigenvalue weighted by Crippen LogP contribution is 2.53. The molecule has 1 saturated carbocycles. The van der Waals surface area contributed by atoms with Gasteiger partial charge in [-0.1, -0.05) is 153 Å². The average Bonchev–Trinajstić information content (AvgIpc) is 3.92. The van der Waals surface area contributed by atoms with Crippen LogP contribution in [0.15, 0.2) is 185 Å². The van der Waals surface area contributed by atoms with Gasteiger partial charge in [-0.15, -0.1) is 0 Å². The summed E-state index contributed by atoms with van der Waals surface area (Å²) in [5.74, 6) is 0.600. The molecule has 0 amide bonds. The van der Waals surface area contributed by atoms with Crippen molar-refractivity contribution in [2.24, 2.45) is 0 Å². The lowest BCUT2D eigenvalue weighted by atomic mass is 9.82. The van der Waals surface area contributed by atoms with E-state index in [0.29, 0.717) is 5.92 Å². The van der Waals surface area contributed by atoms with E-state index in [0.717, 1.165) is 78.0 Å². The van der Waals surface area contributed by atoms with Crippen LogP contribution < -0.4 is 9.80 Å². The summed E-state index contributed by atoms with van der Waals surface area (Å²) in [5.41, 5.74) is 13.6. The van der Waals surface area contributed by atoms with E-state index in [-0.39, 0.29) is 0 Å². The summed E-state index contributed by atoms with van der Waals surface area (Å²) in [6.07, 6.45) is 6.48. The van der Waals surface area contributed by atoms with E-state index >= 15 is 0 Å². The maximum atomic E-state index is 6.89. The molecule has 4 heteroatoms. The first-order valence-electron chi connectivity index (χ1n) is 22.9. The van der Waals surface area contributed by atoms with Crippen molar-refractivity contribution in [2.45, 2.75) is 51.9 Å². The number of hydrogen-bond donors (Lipinski definition) is 0. The van der Waals surface area contributed by atoms with Gasteiger partial charge in [-0.2, -0.15) is 0 Å². The topological polar surface area (TPSA) is 32.8 Å². The Hall–Kier alpha value is -7.56. The highest BCUT2D eigenvalue weighted by molar-refractivity contribution is 6.29. The molecular weight excluding hydrogens is 781 g/mol. The normalized spacial score (nSPS) is 13.7. The quantitative estimate of drug-likeness (QED) is 0.150. The largest absolute Gasteiger partial charge is 0.454 e. The zero-order valence-electron chi connectivity index (χ0n) is 36.1. The fourth-order valence-electron chi connectivity index (χ4n) is 11.2. The smallest absolute Gasteiger partial charge is 0.159 e. The monoisotopic (exact) mass is 826 g/mol. The molecule has 0 atom stereocenters. The number of hydrogen-bond acceptors (Lipinski definition) is 4. The predicted molar refractivity (Wildman–Crippen MR) is 269 cm³/mol. The van der Waals surface area contributed by atoms with Crippen LogP contribution in [-0.2, 0) is 0 Å². The summed E-state index contributed by atoms with van der Waals surface area (Å²) < 4.78 is 13.8. The van der Waals surface area contributed by atoms with E-state index in [1.807, 2.05) is 0 Å². The average molecular weight is 827 g/mol. The Kier molecular flexibility index (Phi) is 8.39. The molecule has 0 radical (unpaired) electrons. The number of nitrogens with zero attached hydrogens (tertiary/aromatic N) is 2. The van der Waals surface area contributed by atoms with Gasteiger partial charge in [0.2, 0.25) is 0 Å². The first-order chi connectivity index (χ1) is 31.6. The van der Waals surface area contributed by atoms with Gasteiger partial charge in [-0.25, -0.2) is 0 Å². The Labute approximate surface area is 371 Å². The van der Waals surface area contributed by atoms with Gasteiger partial charge in [0.05, 0.1) is 22.7 Å². The van der Waals surface area contributed by atoms with E-state index < -0.39 is 0 Å². The molecule has 1 aliphatic carbocycles. The Bertz CT molecular complexity index is 3540. The number of para-hydroxylation sites is 6. The molecule has 0 bridgehead atoms. The summed E-state index contributed by atoms with van der Waals surface area (Å²) in [6.45, 7) is 4.43. The van der Waals surface area contributed by atoms with E-state index in [2.05, 4.69) is 200 Å². The molecule has 10 aromatic carbocycles. The van der Waals surface area contributed by atoms with Crippen molar-refractivity contribution in [1.29, 1.82) is 0 Å². The third-order valence-corrected chi connectivity index (χ3v) is 14.2. The van der Waals surface area contributed by atoms with Crippen molar-refractivity contribution in [3.63, 3.8) is 0 Å². The van der Waals surface area contributed by atoms with Crippen LogP contribution in [0.5, 0.6) is 0 Å². The maximum Gasteiger partial charge on any atom is 0.159 e. The number of anilines is 6. The van der Waals surface area contributed by atoms with E-state index in [1.54, 1.807) is 0 Å². The van der Waals surface area contributed by atoms with Crippen LogP contribution in [0, 0.1) is 13.8 Å². The van der Waals surface area contributed by atoms with Crippen LogP contribution in [0.25, 0.3) is 76.2 Å². The van der Waals surface area contributed by atoms with Gasteiger partial charge in [0, 0.05) is 49.1 Å². The summed E-state index contributed by atoms with van der Waals surface area (Å²) in [7, 11) is 0.